The molecule has 1 heterocycles. The Morgan fingerprint density at radius 2 is 2.06 bits per heavy atom. The van der Waals surface area contributed by atoms with Crippen molar-refractivity contribution in [3.05, 3.63) is 23.8 Å². The van der Waals surface area contributed by atoms with Gasteiger partial charge in [0.1, 0.15) is 5.75 Å². The molecule has 1 aromatic rings. The molecule has 1 aromatic carbocycles. The monoisotopic (exact) mass is 234 g/mol. The van der Waals surface area contributed by atoms with Crippen molar-refractivity contribution in [1.29, 1.82) is 0 Å². The predicted molar refractivity (Wildman–Crippen MR) is 71.8 cm³/mol. The summed E-state index contributed by atoms with van der Waals surface area (Å²) >= 11 is 0. The molecule has 0 saturated heterocycles. The molecule has 0 aliphatic carbocycles. The third kappa shape index (κ3) is 2.55. The van der Waals surface area contributed by atoms with Gasteiger partial charge in [0.25, 0.3) is 0 Å². The van der Waals surface area contributed by atoms with Crippen molar-refractivity contribution < 1.29 is 4.74 Å². The lowest BCUT2D eigenvalue weighted by molar-refractivity contribution is 0.414. The summed E-state index contributed by atoms with van der Waals surface area (Å²) in [6, 6.07) is 6.35. The Morgan fingerprint density at radius 3 is 2.71 bits per heavy atom. The molecule has 1 aliphatic heterocycles. The summed E-state index contributed by atoms with van der Waals surface area (Å²) in [5.74, 6) is 0.932. The van der Waals surface area contributed by atoms with Crippen LogP contribution in [0.2, 0.25) is 0 Å². The van der Waals surface area contributed by atoms with E-state index in [9.17, 15) is 0 Å². The highest BCUT2D eigenvalue weighted by Crippen LogP contribution is 2.31. The van der Waals surface area contributed by atoms with Gasteiger partial charge < -0.3 is 15.0 Å². The topological polar surface area (TPSA) is 24.5 Å². The summed E-state index contributed by atoms with van der Waals surface area (Å²) in [4.78, 5) is 2.46. The van der Waals surface area contributed by atoms with Crippen molar-refractivity contribution in [2.24, 2.45) is 0 Å². The molecule has 0 spiro atoms. The van der Waals surface area contributed by atoms with Crippen LogP contribution in [0.15, 0.2) is 18.2 Å². The summed E-state index contributed by atoms with van der Waals surface area (Å²) in [5, 5.41) is 3.46. The third-order valence-electron chi connectivity index (χ3n) is 3.21. The molecule has 94 valence electrons. The molecule has 0 atom stereocenters. The highest BCUT2D eigenvalue weighted by molar-refractivity contribution is 5.58. The molecule has 0 amide bonds. The van der Waals surface area contributed by atoms with Crippen LogP contribution >= 0.6 is 0 Å². The maximum absolute atomic E-state index is 5.30. The average Bonchev–Trinajstić information content (AvgIpc) is 2.49. The van der Waals surface area contributed by atoms with Crippen molar-refractivity contribution in [3.63, 3.8) is 0 Å². The molecule has 0 unspecified atom stereocenters. The Balaban J connectivity index is 2.43. The summed E-state index contributed by atoms with van der Waals surface area (Å²) in [7, 11) is 1.72. The van der Waals surface area contributed by atoms with Crippen molar-refractivity contribution in [1.82, 2.24) is 5.32 Å². The molecule has 0 bridgehead atoms. The molecule has 0 aromatic heterocycles. The minimum Gasteiger partial charge on any atom is -0.497 e. The minimum atomic E-state index is 0.148. The van der Waals surface area contributed by atoms with Gasteiger partial charge in [-0.05, 0) is 44.5 Å². The van der Waals surface area contributed by atoms with Crippen LogP contribution in [0, 0.1) is 0 Å². The fourth-order valence-corrected chi connectivity index (χ4v) is 2.32. The second-order valence-electron chi connectivity index (χ2n) is 5.49. The van der Waals surface area contributed by atoms with Crippen molar-refractivity contribution >= 4 is 5.69 Å². The van der Waals surface area contributed by atoms with E-state index in [0.717, 1.165) is 25.4 Å². The third-order valence-corrected chi connectivity index (χ3v) is 3.21. The number of methoxy groups -OCH3 is 1. The van der Waals surface area contributed by atoms with Crippen LogP contribution in [-0.4, -0.2) is 25.7 Å². The van der Waals surface area contributed by atoms with Gasteiger partial charge in [-0.2, -0.15) is 0 Å². The van der Waals surface area contributed by atoms with E-state index in [1.165, 1.54) is 11.3 Å². The Kier molecular flexibility index (Phi) is 3.29. The number of fused-ring (bicyclic) bond motifs is 1. The van der Waals surface area contributed by atoms with E-state index in [2.05, 4.69) is 43.1 Å². The molecule has 0 fully saturated rings. The second-order valence-corrected chi connectivity index (χ2v) is 5.49. The van der Waals surface area contributed by atoms with Crippen LogP contribution in [0.5, 0.6) is 5.75 Å². The Bertz CT molecular complexity index is 396. The first-order chi connectivity index (χ1) is 8.02. The Morgan fingerprint density at radius 1 is 1.29 bits per heavy atom. The van der Waals surface area contributed by atoms with Crippen LogP contribution in [0.1, 0.15) is 26.3 Å². The Labute approximate surface area is 104 Å². The SMILES string of the molecule is COc1ccc2c(c1)CNCCN2C(C)(C)C. The standard InChI is InChI=1S/C14H22N2O/c1-14(2,3)16-8-7-15-10-11-9-12(17-4)5-6-13(11)16/h5-6,9,15H,7-8,10H2,1-4H3. The van der Waals surface area contributed by atoms with Gasteiger partial charge in [-0.1, -0.05) is 0 Å². The van der Waals surface area contributed by atoms with Crippen LogP contribution < -0.4 is 15.0 Å². The number of hydrogen-bond acceptors (Lipinski definition) is 3. The second kappa shape index (κ2) is 4.57. The van der Waals surface area contributed by atoms with E-state index in [1.54, 1.807) is 7.11 Å². The number of nitrogens with one attached hydrogen (secondary N) is 1. The van der Waals surface area contributed by atoms with Crippen LogP contribution in [0.3, 0.4) is 0 Å². The van der Waals surface area contributed by atoms with E-state index in [1.807, 2.05) is 6.07 Å². The normalized spacial score (nSPS) is 16.4. The van der Waals surface area contributed by atoms with Gasteiger partial charge in [0, 0.05) is 30.9 Å². The molecule has 3 heteroatoms. The van der Waals surface area contributed by atoms with E-state index in [0.29, 0.717) is 0 Å². The summed E-state index contributed by atoms with van der Waals surface area (Å²) in [6.45, 7) is 9.75. The van der Waals surface area contributed by atoms with E-state index < -0.39 is 0 Å². The van der Waals surface area contributed by atoms with Gasteiger partial charge in [-0.25, -0.2) is 0 Å². The van der Waals surface area contributed by atoms with Crippen LogP contribution in [0.4, 0.5) is 5.69 Å². The first-order valence-electron chi connectivity index (χ1n) is 6.17. The maximum atomic E-state index is 5.30. The summed E-state index contributed by atoms with van der Waals surface area (Å²) in [6.07, 6.45) is 0. The molecule has 1 aliphatic rings. The van der Waals surface area contributed by atoms with Crippen LogP contribution in [-0.2, 0) is 6.54 Å². The number of ether oxygens (including phenoxy) is 1. The molecule has 0 radical (unpaired) electrons. The van der Waals surface area contributed by atoms with Gasteiger partial charge in [0.05, 0.1) is 7.11 Å². The van der Waals surface area contributed by atoms with Gasteiger partial charge in [0.15, 0.2) is 0 Å². The number of benzene rings is 1. The average molecular weight is 234 g/mol. The van der Waals surface area contributed by atoms with E-state index in [4.69, 9.17) is 4.74 Å². The molecule has 17 heavy (non-hydrogen) atoms. The minimum absolute atomic E-state index is 0.148. The van der Waals surface area contributed by atoms with Crippen molar-refractivity contribution in [3.8, 4) is 5.75 Å². The van der Waals surface area contributed by atoms with Crippen LogP contribution in [0.25, 0.3) is 0 Å². The van der Waals surface area contributed by atoms with Gasteiger partial charge >= 0.3 is 0 Å². The number of nitrogens with zero attached hydrogens (tertiary/aromatic N) is 1. The highest BCUT2D eigenvalue weighted by Gasteiger charge is 2.25. The summed E-state index contributed by atoms with van der Waals surface area (Å²) < 4.78 is 5.30. The lowest BCUT2D eigenvalue weighted by Gasteiger charge is -2.37. The number of anilines is 1. The quantitative estimate of drug-likeness (QED) is 0.807. The highest BCUT2D eigenvalue weighted by atomic mass is 16.5. The molecule has 0 saturated carbocycles. The fourth-order valence-electron chi connectivity index (χ4n) is 2.32. The van der Waals surface area contributed by atoms with Crippen molar-refractivity contribution in [2.45, 2.75) is 32.9 Å². The largest absolute Gasteiger partial charge is 0.497 e. The van der Waals surface area contributed by atoms with Gasteiger partial charge in [-0.15, -0.1) is 0 Å². The molecule has 1 N–H and O–H groups in total. The van der Waals surface area contributed by atoms with Crippen molar-refractivity contribution in [2.75, 3.05) is 25.1 Å². The lowest BCUT2D eigenvalue weighted by Crippen LogP contribution is -2.43. The zero-order valence-electron chi connectivity index (χ0n) is 11.2. The number of rotatable bonds is 1. The smallest absolute Gasteiger partial charge is 0.119 e. The maximum Gasteiger partial charge on any atom is 0.119 e. The van der Waals surface area contributed by atoms with Gasteiger partial charge in [0.2, 0.25) is 0 Å². The zero-order chi connectivity index (χ0) is 12.5. The predicted octanol–water partition coefficient (Wildman–Crippen LogP) is 2.40. The zero-order valence-corrected chi connectivity index (χ0v) is 11.2. The number of hydrogen-bond donors (Lipinski definition) is 1. The lowest BCUT2D eigenvalue weighted by atomic mass is 10.0. The fraction of sp³-hybridized carbons (Fsp3) is 0.571. The summed E-state index contributed by atoms with van der Waals surface area (Å²) in [5.41, 5.74) is 2.79. The molecular weight excluding hydrogens is 212 g/mol. The van der Waals surface area contributed by atoms with E-state index >= 15 is 0 Å². The first-order valence-corrected chi connectivity index (χ1v) is 6.17. The first kappa shape index (κ1) is 12.2. The van der Waals surface area contributed by atoms with E-state index in [-0.39, 0.29) is 5.54 Å². The molecular formula is C14H22N2O. The molecule has 2 rings (SSSR count). The van der Waals surface area contributed by atoms with Gasteiger partial charge in [-0.3, -0.25) is 0 Å². The molecule has 3 nitrogen and oxygen atoms in total. The Hall–Kier alpha value is -1.22.